The van der Waals surface area contributed by atoms with E-state index < -0.39 is 5.95 Å². The molecule has 88 valence electrons. The normalized spacial score (nSPS) is 16.8. The number of rotatable bonds is 4. The quantitative estimate of drug-likeness (QED) is 0.831. The predicted octanol–water partition coefficient (Wildman–Crippen LogP) is 3.85. The second kappa shape index (κ2) is 4.45. The molecule has 0 aliphatic heterocycles. The van der Waals surface area contributed by atoms with E-state index in [0.717, 1.165) is 0 Å². The van der Waals surface area contributed by atoms with Crippen LogP contribution in [-0.4, -0.2) is 4.98 Å². The van der Waals surface area contributed by atoms with Crippen LogP contribution in [0.25, 0.3) is 0 Å². The number of aromatic nitrogens is 1. The van der Waals surface area contributed by atoms with E-state index >= 15 is 0 Å². The third kappa shape index (κ3) is 2.47. The van der Waals surface area contributed by atoms with E-state index in [1.54, 1.807) is 17.4 Å². The van der Waals surface area contributed by atoms with Crippen molar-refractivity contribution in [2.75, 3.05) is 5.32 Å². The molecule has 2 aromatic rings. The van der Waals surface area contributed by atoms with Gasteiger partial charge < -0.3 is 5.32 Å². The molecule has 0 aromatic carbocycles. The van der Waals surface area contributed by atoms with Crippen LogP contribution < -0.4 is 5.32 Å². The minimum absolute atomic E-state index is 0.282. The van der Waals surface area contributed by atoms with Gasteiger partial charge in [0.2, 0.25) is 5.95 Å². The summed E-state index contributed by atoms with van der Waals surface area (Å²) in [6.07, 6.45) is 2.48. The van der Waals surface area contributed by atoms with Gasteiger partial charge in [0.05, 0.1) is 6.04 Å². The molecule has 0 amide bonds. The SMILES string of the molecule is Fc1cccc(NC(c2cccs2)C2CC2)n1. The van der Waals surface area contributed by atoms with Gasteiger partial charge in [0, 0.05) is 4.88 Å². The van der Waals surface area contributed by atoms with Crippen LogP contribution in [0.4, 0.5) is 10.2 Å². The highest BCUT2D eigenvalue weighted by molar-refractivity contribution is 7.10. The molecule has 4 heteroatoms. The van der Waals surface area contributed by atoms with E-state index in [0.29, 0.717) is 11.7 Å². The van der Waals surface area contributed by atoms with Crippen LogP contribution >= 0.6 is 11.3 Å². The molecule has 0 bridgehead atoms. The average Bonchev–Trinajstić information content (AvgIpc) is 3.01. The molecule has 3 rings (SSSR count). The van der Waals surface area contributed by atoms with Crippen molar-refractivity contribution in [3.8, 4) is 0 Å². The van der Waals surface area contributed by atoms with Gasteiger partial charge in [-0.3, -0.25) is 0 Å². The zero-order chi connectivity index (χ0) is 11.7. The van der Waals surface area contributed by atoms with Gasteiger partial charge in [0.15, 0.2) is 0 Å². The molecule has 1 aliphatic rings. The molecule has 1 aliphatic carbocycles. The first-order valence-corrected chi connectivity index (χ1v) is 6.63. The molecular weight excluding hydrogens is 235 g/mol. The maximum Gasteiger partial charge on any atom is 0.214 e. The van der Waals surface area contributed by atoms with Crippen molar-refractivity contribution in [1.29, 1.82) is 0 Å². The van der Waals surface area contributed by atoms with Crippen LogP contribution in [0.15, 0.2) is 35.7 Å². The Bertz CT molecular complexity index is 494. The summed E-state index contributed by atoms with van der Waals surface area (Å²) in [6.45, 7) is 0. The number of nitrogens with zero attached hydrogens (tertiary/aromatic N) is 1. The van der Waals surface area contributed by atoms with Crippen molar-refractivity contribution in [2.24, 2.45) is 5.92 Å². The second-order valence-electron chi connectivity index (χ2n) is 4.32. The summed E-state index contributed by atoms with van der Waals surface area (Å²) in [5.74, 6) is 0.852. The number of thiophene rings is 1. The van der Waals surface area contributed by atoms with E-state index in [1.807, 2.05) is 6.07 Å². The summed E-state index contributed by atoms with van der Waals surface area (Å²) in [5, 5.41) is 5.42. The molecule has 2 aromatic heterocycles. The van der Waals surface area contributed by atoms with Gasteiger partial charge >= 0.3 is 0 Å². The first-order valence-electron chi connectivity index (χ1n) is 5.75. The molecule has 1 unspecified atom stereocenters. The molecule has 1 fully saturated rings. The number of nitrogens with one attached hydrogen (secondary N) is 1. The Balaban J connectivity index is 1.81. The molecule has 1 N–H and O–H groups in total. The van der Waals surface area contributed by atoms with E-state index in [1.165, 1.54) is 23.8 Å². The summed E-state index contributed by atoms with van der Waals surface area (Å²) in [6, 6.07) is 9.32. The number of anilines is 1. The van der Waals surface area contributed by atoms with Crippen molar-refractivity contribution in [1.82, 2.24) is 4.98 Å². The summed E-state index contributed by atoms with van der Waals surface area (Å²) in [4.78, 5) is 5.16. The highest BCUT2D eigenvalue weighted by Gasteiger charge is 2.33. The Labute approximate surface area is 104 Å². The highest BCUT2D eigenvalue weighted by atomic mass is 32.1. The number of hydrogen-bond donors (Lipinski definition) is 1. The molecule has 0 spiro atoms. The third-order valence-corrected chi connectivity index (χ3v) is 3.92. The molecule has 0 radical (unpaired) electrons. The van der Waals surface area contributed by atoms with Crippen LogP contribution in [-0.2, 0) is 0 Å². The summed E-state index contributed by atoms with van der Waals surface area (Å²) in [7, 11) is 0. The predicted molar refractivity (Wildman–Crippen MR) is 67.6 cm³/mol. The maximum absolute atomic E-state index is 13.0. The van der Waals surface area contributed by atoms with E-state index in [-0.39, 0.29) is 6.04 Å². The Hall–Kier alpha value is -1.42. The molecule has 2 nitrogen and oxygen atoms in total. The Morgan fingerprint density at radius 3 is 2.82 bits per heavy atom. The van der Waals surface area contributed by atoms with Gasteiger partial charge in [-0.2, -0.15) is 4.39 Å². The first kappa shape index (κ1) is 10.7. The molecular formula is C13H13FN2S. The van der Waals surface area contributed by atoms with Crippen molar-refractivity contribution in [3.63, 3.8) is 0 Å². The molecule has 2 heterocycles. The molecule has 1 saturated carbocycles. The summed E-state index contributed by atoms with van der Waals surface area (Å²) in [5.41, 5.74) is 0. The Kier molecular flexibility index (Phi) is 2.81. The van der Waals surface area contributed by atoms with Gasteiger partial charge in [0.1, 0.15) is 5.82 Å². The lowest BCUT2D eigenvalue weighted by Gasteiger charge is -2.17. The number of hydrogen-bond acceptors (Lipinski definition) is 3. The van der Waals surface area contributed by atoms with Crippen LogP contribution in [0.1, 0.15) is 23.8 Å². The lowest BCUT2D eigenvalue weighted by atomic mass is 10.1. The second-order valence-corrected chi connectivity index (χ2v) is 5.30. The monoisotopic (exact) mass is 248 g/mol. The van der Waals surface area contributed by atoms with Crippen LogP contribution in [0.2, 0.25) is 0 Å². The third-order valence-electron chi connectivity index (χ3n) is 2.96. The van der Waals surface area contributed by atoms with Crippen molar-refractivity contribution >= 4 is 17.2 Å². The van der Waals surface area contributed by atoms with Gasteiger partial charge in [-0.05, 0) is 42.3 Å². The van der Waals surface area contributed by atoms with Crippen LogP contribution in [0.5, 0.6) is 0 Å². The minimum atomic E-state index is -0.435. The lowest BCUT2D eigenvalue weighted by molar-refractivity contribution is 0.582. The fraction of sp³-hybridized carbons (Fsp3) is 0.308. The largest absolute Gasteiger partial charge is 0.362 e. The Morgan fingerprint density at radius 1 is 1.29 bits per heavy atom. The molecule has 17 heavy (non-hydrogen) atoms. The number of halogens is 1. The Morgan fingerprint density at radius 2 is 2.18 bits per heavy atom. The summed E-state index contributed by atoms with van der Waals surface area (Å²) < 4.78 is 13.0. The maximum atomic E-state index is 13.0. The van der Waals surface area contributed by atoms with Crippen molar-refractivity contribution in [2.45, 2.75) is 18.9 Å². The van der Waals surface area contributed by atoms with E-state index in [2.05, 4.69) is 27.8 Å². The molecule has 0 saturated heterocycles. The topological polar surface area (TPSA) is 24.9 Å². The van der Waals surface area contributed by atoms with Crippen molar-refractivity contribution < 1.29 is 4.39 Å². The van der Waals surface area contributed by atoms with Crippen LogP contribution in [0.3, 0.4) is 0 Å². The average molecular weight is 248 g/mol. The van der Waals surface area contributed by atoms with Gasteiger partial charge in [-0.15, -0.1) is 11.3 Å². The van der Waals surface area contributed by atoms with Gasteiger partial charge in [-0.1, -0.05) is 12.1 Å². The van der Waals surface area contributed by atoms with Gasteiger partial charge in [0.25, 0.3) is 0 Å². The summed E-state index contributed by atoms with van der Waals surface area (Å²) >= 11 is 1.74. The smallest absolute Gasteiger partial charge is 0.214 e. The minimum Gasteiger partial charge on any atom is -0.362 e. The van der Waals surface area contributed by atoms with Crippen molar-refractivity contribution in [3.05, 3.63) is 46.5 Å². The fourth-order valence-electron chi connectivity index (χ4n) is 1.97. The first-order chi connectivity index (χ1) is 8.33. The fourth-order valence-corrected chi connectivity index (χ4v) is 2.84. The standard InChI is InChI=1S/C13H13FN2S/c14-11-4-1-5-12(15-11)16-13(9-6-7-9)10-3-2-8-17-10/h1-5,8-9,13H,6-7H2,(H,15,16). The molecule has 1 atom stereocenters. The van der Waals surface area contributed by atoms with E-state index in [4.69, 9.17) is 0 Å². The van der Waals surface area contributed by atoms with E-state index in [9.17, 15) is 4.39 Å². The number of pyridine rings is 1. The zero-order valence-corrected chi connectivity index (χ0v) is 10.1. The van der Waals surface area contributed by atoms with Gasteiger partial charge in [-0.25, -0.2) is 4.98 Å². The highest BCUT2D eigenvalue weighted by Crippen LogP contribution is 2.43. The zero-order valence-electron chi connectivity index (χ0n) is 9.27. The van der Waals surface area contributed by atoms with Crippen LogP contribution in [0, 0.1) is 11.9 Å². The lowest BCUT2D eigenvalue weighted by Crippen LogP contribution is -2.12.